The van der Waals surface area contributed by atoms with Crippen LogP contribution < -0.4 is 0 Å². The van der Waals surface area contributed by atoms with Crippen molar-refractivity contribution >= 4 is 5.91 Å². The van der Waals surface area contributed by atoms with Crippen LogP contribution in [-0.4, -0.2) is 56.5 Å². The molecular weight excluding hydrogens is 308 g/mol. The Morgan fingerprint density at radius 2 is 2.08 bits per heavy atom. The average Bonchev–Trinajstić information content (AvgIpc) is 3.09. The second-order valence-electron chi connectivity index (χ2n) is 5.79. The number of carbonyl (C=O) groups excluding carboxylic acids is 1. The van der Waals surface area contributed by atoms with Crippen LogP contribution in [0.5, 0.6) is 0 Å². The topological polar surface area (TPSA) is 80.5 Å². The summed E-state index contributed by atoms with van der Waals surface area (Å²) in [4.78, 5) is 18.6. The molecule has 0 unspecified atom stereocenters. The first-order chi connectivity index (χ1) is 11.8. The van der Waals surface area contributed by atoms with Gasteiger partial charge in [0, 0.05) is 25.5 Å². The summed E-state index contributed by atoms with van der Waals surface area (Å²) in [6.45, 7) is 2.12. The quantitative estimate of drug-likeness (QED) is 0.857. The highest BCUT2D eigenvalue weighted by Gasteiger charge is 2.25. The number of carbonyl (C=O) groups is 1. The van der Waals surface area contributed by atoms with Crippen LogP contribution in [0.25, 0.3) is 0 Å². The van der Waals surface area contributed by atoms with E-state index in [1.807, 2.05) is 23.1 Å². The molecule has 1 aliphatic rings. The third-order valence-electron chi connectivity index (χ3n) is 4.17. The van der Waals surface area contributed by atoms with E-state index < -0.39 is 0 Å². The fraction of sp³-hybridized carbons (Fsp3) is 0.471. The molecule has 1 aliphatic heterocycles. The summed E-state index contributed by atoms with van der Waals surface area (Å²) in [5, 5.41) is 13.1. The maximum Gasteiger partial charge on any atom is 0.272 e. The zero-order valence-electron chi connectivity index (χ0n) is 13.5. The second-order valence-corrected chi connectivity index (χ2v) is 5.79. The first kappa shape index (κ1) is 16.6. The Morgan fingerprint density at radius 1 is 1.25 bits per heavy atom. The van der Waals surface area contributed by atoms with E-state index in [0.29, 0.717) is 31.9 Å². The van der Waals surface area contributed by atoms with Crippen molar-refractivity contribution in [2.75, 3.05) is 19.7 Å². The molecule has 24 heavy (non-hydrogen) atoms. The monoisotopic (exact) mass is 330 g/mol. The van der Waals surface area contributed by atoms with Crippen LogP contribution in [0.4, 0.5) is 0 Å². The van der Waals surface area contributed by atoms with Crippen molar-refractivity contribution in [2.24, 2.45) is 0 Å². The van der Waals surface area contributed by atoms with Gasteiger partial charge in [-0.25, -0.2) is 0 Å². The van der Waals surface area contributed by atoms with Crippen LogP contribution >= 0.6 is 0 Å². The summed E-state index contributed by atoms with van der Waals surface area (Å²) in [5.74, 6) is -0.0378. The molecule has 0 atom stereocenters. The molecule has 2 aromatic heterocycles. The fourth-order valence-corrected chi connectivity index (χ4v) is 2.86. The summed E-state index contributed by atoms with van der Waals surface area (Å²) < 4.78 is 7.45. The van der Waals surface area contributed by atoms with E-state index in [-0.39, 0.29) is 18.6 Å². The molecule has 0 aliphatic carbocycles. The van der Waals surface area contributed by atoms with Crippen molar-refractivity contribution in [2.45, 2.75) is 32.1 Å². The minimum atomic E-state index is -0.0378. The minimum Gasteiger partial charge on any atom is -0.394 e. The number of hydrogen-bond donors (Lipinski definition) is 1. The molecule has 0 spiro atoms. The predicted molar refractivity (Wildman–Crippen MR) is 87.3 cm³/mol. The number of amides is 1. The van der Waals surface area contributed by atoms with Gasteiger partial charge < -0.3 is 14.7 Å². The molecule has 7 nitrogen and oxygen atoms in total. The normalized spacial score (nSPS) is 15.6. The Balaban J connectivity index is 1.49. The van der Waals surface area contributed by atoms with Gasteiger partial charge in [-0.1, -0.05) is 6.07 Å². The molecule has 1 fully saturated rings. The van der Waals surface area contributed by atoms with E-state index in [1.54, 1.807) is 23.1 Å². The van der Waals surface area contributed by atoms with Gasteiger partial charge in [0.25, 0.3) is 5.91 Å². The zero-order valence-corrected chi connectivity index (χ0v) is 13.5. The van der Waals surface area contributed by atoms with E-state index >= 15 is 0 Å². The average molecular weight is 330 g/mol. The molecule has 2 aromatic rings. The molecule has 0 bridgehead atoms. The highest BCUT2D eigenvalue weighted by molar-refractivity contribution is 5.92. The molecule has 0 saturated carbocycles. The van der Waals surface area contributed by atoms with Gasteiger partial charge in [0.05, 0.1) is 31.6 Å². The highest BCUT2D eigenvalue weighted by Crippen LogP contribution is 2.17. The van der Waals surface area contributed by atoms with Crippen molar-refractivity contribution in [3.63, 3.8) is 0 Å². The van der Waals surface area contributed by atoms with Gasteiger partial charge in [-0.15, -0.1) is 0 Å². The Hall–Kier alpha value is -2.25. The van der Waals surface area contributed by atoms with Gasteiger partial charge in [0.15, 0.2) is 0 Å². The van der Waals surface area contributed by atoms with Gasteiger partial charge in [-0.05, 0) is 31.0 Å². The van der Waals surface area contributed by atoms with Crippen molar-refractivity contribution in [1.29, 1.82) is 0 Å². The molecule has 3 heterocycles. The van der Waals surface area contributed by atoms with Crippen LogP contribution in [0.2, 0.25) is 0 Å². The standard InChI is InChI=1S/C17H22N4O3/c22-12-11-21-16(4-8-19-21)17(23)20-9-5-15(6-10-20)24-13-14-3-1-2-7-18-14/h1-4,7-8,15,22H,5-6,9-13H2. The Morgan fingerprint density at radius 3 is 2.79 bits per heavy atom. The van der Waals surface area contributed by atoms with Crippen molar-refractivity contribution in [3.8, 4) is 0 Å². The third kappa shape index (κ3) is 3.98. The van der Waals surface area contributed by atoms with E-state index in [1.165, 1.54) is 0 Å². The minimum absolute atomic E-state index is 0.0363. The van der Waals surface area contributed by atoms with Crippen LogP contribution in [0, 0.1) is 0 Å². The van der Waals surface area contributed by atoms with E-state index in [0.717, 1.165) is 18.5 Å². The number of hydrogen-bond acceptors (Lipinski definition) is 5. The largest absolute Gasteiger partial charge is 0.394 e. The van der Waals surface area contributed by atoms with E-state index in [2.05, 4.69) is 10.1 Å². The van der Waals surface area contributed by atoms with Gasteiger partial charge in [0.1, 0.15) is 5.69 Å². The SMILES string of the molecule is O=C(c1ccnn1CCO)N1CCC(OCc2ccccn2)CC1. The summed E-state index contributed by atoms with van der Waals surface area (Å²) in [6, 6.07) is 7.47. The molecule has 0 aromatic carbocycles. The van der Waals surface area contributed by atoms with E-state index in [4.69, 9.17) is 9.84 Å². The number of aliphatic hydroxyl groups is 1. The zero-order chi connectivity index (χ0) is 16.8. The molecule has 128 valence electrons. The molecule has 1 saturated heterocycles. The molecule has 1 N–H and O–H groups in total. The third-order valence-corrected chi connectivity index (χ3v) is 4.17. The molecule has 7 heteroatoms. The second kappa shape index (κ2) is 8.03. The lowest BCUT2D eigenvalue weighted by atomic mass is 10.1. The lowest BCUT2D eigenvalue weighted by Gasteiger charge is -2.32. The van der Waals surface area contributed by atoms with Gasteiger partial charge >= 0.3 is 0 Å². The molecular formula is C17H22N4O3. The van der Waals surface area contributed by atoms with E-state index in [9.17, 15) is 4.79 Å². The summed E-state index contributed by atoms with van der Waals surface area (Å²) in [7, 11) is 0. The highest BCUT2D eigenvalue weighted by atomic mass is 16.5. The molecule has 1 amide bonds. The van der Waals surface area contributed by atoms with Crippen LogP contribution in [0.3, 0.4) is 0 Å². The van der Waals surface area contributed by atoms with Gasteiger partial charge in [-0.2, -0.15) is 5.10 Å². The fourth-order valence-electron chi connectivity index (χ4n) is 2.86. The Labute approximate surface area is 140 Å². The maximum atomic E-state index is 12.6. The lowest BCUT2D eigenvalue weighted by molar-refractivity contribution is -0.00187. The number of aromatic nitrogens is 3. The van der Waals surface area contributed by atoms with Crippen molar-refractivity contribution < 1.29 is 14.6 Å². The lowest BCUT2D eigenvalue weighted by Crippen LogP contribution is -2.41. The van der Waals surface area contributed by atoms with Crippen molar-refractivity contribution in [1.82, 2.24) is 19.7 Å². The van der Waals surface area contributed by atoms with Crippen LogP contribution in [-0.2, 0) is 17.9 Å². The first-order valence-corrected chi connectivity index (χ1v) is 8.21. The van der Waals surface area contributed by atoms with Gasteiger partial charge in [-0.3, -0.25) is 14.5 Å². The molecule has 3 rings (SSSR count). The number of nitrogens with zero attached hydrogens (tertiary/aromatic N) is 4. The summed E-state index contributed by atoms with van der Waals surface area (Å²) >= 11 is 0. The molecule has 0 radical (unpaired) electrons. The van der Waals surface area contributed by atoms with Crippen molar-refractivity contribution in [3.05, 3.63) is 48.0 Å². The van der Waals surface area contributed by atoms with Gasteiger partial charge in [0.2, 0.25) is 0 Å². The Bertz CT molecular complexity index is 651. The van der Waals surface area contributed by atoms with Crippen LogP contribution in [0.15, 0.2) is 36.7 Å². The van der Waals surface area contributed by atoms with Crippen LogP contribution in [0.1, 0.15) is 29.0 Å². The smallest absolute Gasteiger partial charge is 0.272 e. The number of aliphatic hydroxyl groups excluding tert-OH is 1. The summed E-state index contributed by atoms with van der Waals surface area (Å²) in [5.41, 5.74) is 1.45. The first-order valence-electron chi connectivity index (χ1n) is 8.21. The number of ether oxygens (including phenoxy) is 1. The Kier molecular flexibility index (Phi) is 5.55. The number of pyridine rings is 1. The maximum absolute atomic E-state index is 12.6. The predicted octanol–water partition coefficient (Wildman–Crippen LogP) is 1.09. The number of rotatable bonds is 6. The summed E-state index contributed by atoms with van der Waals surface area (Å²) in [6.07, 6.45) is 5.12. The number of piperidine rings is 1. The number of likely N-dealkylation sites (tertiary alicyclic amines) is 1.